The molecule has 1 heterocycles. The van der Waals surface area contributed by atoms with Gasteiger partial charge in [-0.25, -0.2) is 4.79 Å². The molecule has 2 aliphatic rings. The van der Waals surface area contributed by atoms with E-state index < -0.39 is 28.4 Å². The number of fused-ring (bicyclic) bond motifs is 3. The number of aryl methyl sites for hydroxylation is 1. The van der Waals surface area contributed by atoms with Gasteiger partial charge < -0.3 is 4.74 Å². The Labute approximate surface area is 166 Å². The van der Waals surface area contributed by atoms with Gasteiger partial charge in [-0.3, -0.25) is 14.8 Å². The number of hydrogen-bond donors (Lipinski definition) is 1. The van der Waals surface area contributed by atoms with Crippen LogP contribution in [0.1, 0.15) is 65.6 Å². The minimum atomic E-state index is -0.633. The Morgan fingerprint density at radius 1 is 1.36 bits per heavy atom. The smallest absolute Gasteiger partial charge is 0.413 e. The first-order valence-electron chi connectivity index (χ1n) is 9.81. The van der Waals surface area contributed by atoms with Gasteiger partial charge in [-0.15, -0.1) is 0 Å². The number of rotatable bonds is 1. The van der Waals surface area contributed by atoms with Gasteiger partial charge in [0.15, 0.2) is 5.78 Å². The van der Waals surface area contributed by atoms with Gasteiger partial charge in [-0.05, 0) is 46.0 Å². The van der Waals surface area contributed by atoms with Crippen molar-refractivity contribution in [3.8, 4) is 6.07 Å². The van der Waals surface area contributed by atoms with E-state index in [0.717, 1.165) is 24.1 Å². The molecule has 28 heavy (non-hydrogen) atoms. The van der Waals surface area contributed by atoms with Crippen LogP contribution in [0.5, 0.6) is 0 Å². The molecule has 0 bridgehead atoms. The summed E-state index contributed by atoms with van der Waals surface area (Å²) in [5.74, 6) is 0.136. The molecule has 0 saturated heterocycles. The van der Waals surface area contributed by atoms with Gasteiger partial charge in [-0.2, -0.15) is 10.4 Å². The summed E-state index contributed by atoms with van der Waals surface area (Å²) in [5.41, 5.74) is 0.304. The number of nitrogens with zero attached hydrogens (tertiary/aromatic N) is 3. The van der Waals surface area contributed by atoms with Crippen molar-refractivity contribution in [1.29, 1.82) is 5.26 Å². The zero-order valence-corrected chi connectivity index (χ0v) is 17.8. The molecule has 1 fully saturated rings. The number of hydrogen-bond acceptors (Lipinski definition) is 5. The maximum atomic E-state index is 12.8. The standard InChI is InChI=1S/C21H30N4O3/c1-19(2,3)28-18(27)23-17-13-8-9-14-20(4,5)16(26)12(11-22)10-21(14,6)15(13)24-25(17)7/h12,14H,8-10H2,1-7H3,(H,23,27)/t12?,14-,21-/m0/s1. The van der Waals surface area contributed by atoms with Gasteiger partial charge in [0.1, 0.15) is 17.3 Å². The minimum absolute atomic E-state index is 0.0314. The molecule has 3 rings (SSSR count). The van der Waals surface area contributed by atoms with Crippen molar-refractivity contribution in [2.24, 2.45) is 24.3 Å². The topological polar surface area (TPSA) is 97.0 Å². The van der Waals surface area contributed by atoms with Crippen molar-refractivity contribution in [3.63, 3.8) is 0 Å². The summed E-state index contributed by atoms with van der Waals surface area (Å²) in [7, 11) is 1.80. The number of amides is 1. The van der Waals surface area contributed by atoms with Crippen LogP contribution < -0.4 is 5.32 Å². The predicted octanol–water partition coefficient (Wildman–Crippen LogP) is 3.73. The molecule has 1 aromatic rings. The average molecular weight is 386 g/mol. The van der Waals surface area contributed by atoms with Gasteiger partial charge in [0.2, 0.25) is 0 Å². The molecule has 1 unspecified atom stereocenters. The van der Waals surface area contributed by atoms with Crippen molar-refractivity contribution in [2.75, 3.05) is 5.32 Å². The van der Waals surface area contributed by atoms with Crippen molar-refractivity contribution in [1.82, 2.24) is 9.78 Å². The van der Waals surface area contributed by atoms with E-state index in [1.165, 1.54) is 0 Å². The lowest BCUT2D eigenvalue weighted by Gasteiger charge is -2.52. The summed E-state index contributed by atoms with van der Waals surface area (Å²) >= 11 is 0. The van der Waals surface area contributed by atoms with Crippen molar-refractivity contribution in [3.05, 3.63) is 11.3 Å². The van der Waals surface area contributed by atoms with E-state index in [1.807, 2.05) is 34.6 Å². The Hall–Kier alpha value is -2.36. The maximum Gasteiger partial charge on any atom is 0.413 e. The fraction of sp³-hybridized carbons (Fsp3) is 0.714. The number of nitrogens with one attached hydrogen (secondary N) is 1. The molecule has 152 valence electrons. The highest BCUT2D eigenvalue weighted by Gasteiger charge is 2.58. The van der Waals surface area contributed by atoms with Crippen molar-refractivity contribution in [2.45, 2.75) is 71.8 Å². The van der Waals surface area contributed by atoms with Crippen LogP contribution in [0.25, 0.3) is 0 Å². The van der Waals surface area contributed by atoms with E-state index in [2.05, 4.69) is 18.3 Å². The SMILES string of the molecule is Cn1nc2c(c1NC(=O)OC(C)(C)C)CC[C@H]1C(C)(C)C(=O)C(C#N)C[C@]21C. The molecule has 0 spiro atoms. The predicted molar refractivity (Wildman–Crippen MR) is 105 cm³/mol. The van der Waals surface area contributed by atoms with Crippen LogP contribution in [0.3, 0.4) is 0 Å². The van der Waals surface area contributed by atoms with E-state index in [1.54, 1.807) is 11.7 Å². The van der Waals surface area contributed by atoms with Gasteiger partial charge >= 0.3 is 6.09 Å². The van der Waals surface area contributed by atoms with E-state index in [9.17, 15) is 14.9 Å². The summed E-state index contributed by atoms with van der Waals surface area (Å²) in [6, 6.07) is 2.20. The van der Waals surface area contributed by atoms with Crippen LogP contribution in [0.4, 0.5) is 10.6 Å². The van der Waals surface area contributed by atoms with Crippen LogP contribution in [0.2, 0.25) is 0 Å². The van der Waals surface area contributed by atoms with Gasteiger partial charge in [0, 0.05) is 23.4 Å². The molecular formula is C21H30N4O3. The normalized spacial score (nSPS) is 28.7. The molecule has 2 aliphatic carbocycles. The lowest BCUT2D eigenvalue weighted by molar-refractivity contribution is -0.140. The zero-order valence-electron chi connectivity index (χ0n) is 17.8. The van der Waals surface area contributed by atoms with E-state index in [-0.39, 0.29) is 11.7 Å². The third-order valence-corrected chi connectivity index (χ3v) is 6.36. The summed E-state index contributed by atoms with van der Waals surface area (Å²) in [4.78, 5) is 25.1. The molecule has 3 atom stereocenters. The van der Waals surface area contributed by atoms with E-state index >= 15 is 0 Å². The number of Topliss-reactive ketones (excluding diaryl/α,β-unsaturated/α-hetero) is 1. The van der Waals surface area contributed by atoms with Crippen molar-refractivity contribution < 1.29 is 14.3 Å². The molecule has 7 heteroatoms. The molecule has 0 radical (unpaired) electrons. The number of aromatic nitrogens is 2. The number of carbonyl (C=O) groups is 2. The lowest BCUT2D eigenvalue weighted by atomic mass is 9.49. The Kier molecular flexibility index (Phi) is 4.61. The third-order valence-electron chi connectivity index (χ3n) is 6.36. The monoisotopic (exact) mass is 386 g/mol. The van der Waals surface area contributed by atoms with Gasteiger partial charge in [-0.1, -0.05) is 20.8 Å². The fourth-order valence-corrected chi connectivity index (χ4v) is 5.23. The zero-order chi connectivity index (χ0) is 21.1. The van der Waals surface area contributed by atoms with Crippen molar-refractivity contribution >= 4 is 17.7 Å². The highest BCUT2D eigenvalue weighted by Crippen LogP contribution is 2.57. The second kappa shape index (κ2) is 6.33. The van der Waals surface area contributed by atoms with E-state index in [0.29, 0.717) is 12.2 Å². The summed E-state index contributed by atoms with van der Waals surface area (Å²) in [6.45, 7) is 11.5. The minimum Gasteiger partial charge on any atom is -0.444 e. The quantitative estimate of drug-likeness (QED) is 0.793. The highest BCUT2D eigenvalue weighted by molar-refractivity contribution is 5.90. The largest absolute Gasteiger partial charge is 0.444 e. The third kappa shape index (κ3) is 3.09. The first kappa shape index (κ1) is 20.4. The second-order valence-corrected chi connectivity index (χ2v) is 9.91. The maximum absolute atomic E-state index is 12.8. The molecule has 7 nitrogen and oxygen atoms in total. The molecule has 1 amide bonds. The van der Waals surface area contributed by atoms with Gasteiger partial charge in [0.05, 0.1) is 11.8 Å². The summed E-state index contributed by atoms with van der Waals surface area (Å²) in [6.07, 6.45) is 1.49. The van der Waals surface area contributed by atoms with Crippen LogP contribution in [0, 0.1) is 28.6 Å². The molecule has 0 aromatic carbocycles. The number of nitriles is 1. The molecule has 1 aromatic heterocycles. The average Bonchev–Trinajstić information content (AvgIpc) is 2.87. The fourth-order valence-electron chi connectivity index (χ4n) is 5.23. The first-order valence-corrected chi connectivity index (χ1v) is 9.81. The van der Waals surface area contributed by atoms with Gasteiger partial charge in [0.25, 0.3) is 0 Å². The first-order chi connectivity index (χ1) is 12.8. The Morgan fingerprint density at radius 2 is 2.00 bits per heavy atom. The highest BCUT2D eigenvalue weighted by atomic mass is 16.6. The van der Waals surface area contributed by atoms with Crippen LogP contribution in [-0.4, -0.2) is 27.3 Å². The molecular weight excluding hydrogens is 356 g/mol. The van der Waals surface area contributed by atoms with Crippen LogP contribution >= 0.6 is 0 Å². The molecule has 1 N–H and O–H groups in total. The number of ether oxygens (including phenoxy) is 1. The number of anilines is 1. The Balaban J connectivity index is 2.01. The number of ketones is 1. The number of carbonyl (C=O) groups excluding carboxylic acids is 2. The summed E-state index contributed by atoms with van der Waals surface area (Å²) in [5, 5.41) is 17.2. The molecule has 0 aliphatic heterocycles. The van der Waals surface area contributed by atoms with E-state index in [4.69, 9.17) is 9.84 Å². The Morgan fingerprint density at radius 3 is 2.57 bits per heavy atom. The lowest BCUT2D eigenvalue weighted by Crippen LogP contribution is -2.55. The Bertz CT molecular complexity index is 871. The van der Waals surface area contributed by atoms with Crippen LogP contribution in [0.15, 0.2) is 0 Å². The second-order valence-electron chi connectivity index (χ2n) is 9.91. The van der Waals surface area contributed by atoms with Crippen LogP contribution in [-0.2, 0) is 28.4 Å². The molecule has 1 saturated carbocycles. The summed E-state index contributed by atoms with van der Waals surface area (Å²) < 4.78 is 7.07.